The molecule has 0 radical (unpaired) electrons. The summed E-state index contributed by atoms with van der Waals surface area (Å²) in [6.45, 7) is 0. The molecule has 4 rings (SSSR count). The van der Waals surface area contributed by atoms with Crippen LogP contribution in [0.3, 0.4) is 0 Å². The standard InChI is InChI=1S/C23H15F6N5O/c1-30-21(35)18-9-7-15(23(27,28)29)19(33-18)17-8-6-14-16(10-11-31-20(14)34-17)32-13-4-2-12(3-5-13)22(24,25)26/h2-11H,1H3,(H,30,35)(H,31,32,34). The van der Waals surface area contributed by atoms with Gasteiger partial charge in [-0.2, -0.15) is 26.3 Å². The quantitative estimate of drug-likeness (QED) is 0.351. The second-order valence-electron chi connectivity index (χ2n) is 7.30. The van der Waals surface area contributed by atoms with Crippen LogP contribution in [0.4, 0.5) is 37.7 Å². The largest absolute Gasteiger partial charge is 0.418 e. The highest BCUT2D eigenvalue weighted by Gasteiger charge is 2.35. The minimum absolute atomic E-state index is 0.0692. The van der Waals surface area contributed by atoms with Gasteiger partial charge in [0.2, 0.25) is 0 Å². The van der Waals surface area contributed by atoms with Gasteiger partial charge in [0, 0.05) is 24.3 Å². The molecule has 1 aromatic carbocycles. The first-order valence-electron chi connectivity index (χ1n) is 9.98. The van der Waals surface area contributed by atoms with Crippen molar-refractivity contribution in [2.75, 3.05) is 12.4 Å². The fourth-order valence-corrected chi connectivity index (χ4v) is 3.31. The number of carbonyl (C=O) groups excluding carboxylic acids is 1. The van der Waals surface area contributed by atoms with Crippen molar-refractivity contribution < 1.29 is 31.1 Å². The molecule has 0 fully saturated rings. The zero-order chi connectivity index (χ0) is 25.4. The average Bonchev–Trinajstić information content (AvgIpc) is 2.82. The smallest absolute Gasteiger partial charge is 0.355 e. The van der Waals surface area contributed by atoms with Gasteiger partial charge in [0.1, 0.15) is 11.4 Å². The topological polar surface area (TPSA) is 79.8 Å². The Morgan fingerprint density at radius 2 is 1.54 bits per heavy atom. The number of halogens is 6. The van der Waals surface area contributed by atoms with Crippen LogP contribution in [0.15, 0.2) is 60.8 Å². The number of hydrogen-bond acceptors (Lipinski definition) is 5. The monoisotopic (exact) mass is 491 g/mol. The third kappa shape index (κ3) is 5.00. The summed E-state index contributed by atoms with van der Waals surface area (Å²) in [5.41, 5.74) is -1.94. The first-order valence-corrected chi connectivity index (χ1v) is 9.98. The van der Waals surface area contributed by atoms with Crippen molar-refractivity contribution >= 4 is 28.3 Å². The first-order chi connectivity index (χ1) is 16.5. The van der Waals surface area contributed by atoms with Crippen LogP contribution in [0.1, 0.15) is 21.6 Å². The number of anilines is 2. The molecular formula is C23H15F6N5O. The van der Waals surface area contributed by atoms with E-state index in [1.807, 2.05) is 0 Å². The number of carbonyl (C=O) groups is 1. The molecule has 4 aromatic rings. The van der Waals surface area contributed by atoms with E-state index in [0.29, 0.717) is 16.8 Å². The molecule has 2 N–H and O–H groups in total. The van der Waals surface area contributed by atoms with Crippen LogP contribution in [0.2, 0.25) is 0 Å². The molecular weight excluding hydrogens is 476 g/mol. The molecule has 12 heteroatoms. The number of amides is 1. The Morgan fingerprint density at radius 3 is 2.17 bits per heavy atom. The van der Waals surface area contributed by atoms with E-state index < -0.39 is 35.1 Å². The van der Waals surface area contributed by atoms with E-state index >= 15 is 0 Å². The van der Waals surface area contributed by atoms with Crippen LogP contribution < -0.4 is 10.6 Å². The van der Waals surface area contributed by atoms with Crippen molar-refractivity contribution in [3.05, 3.63) is 77.6 Å². The third-order valence-corrected chi connectivity index (χ3v) is 5.00. The maximum Gasteiger partial charge on any atom is 0.418 e. The minimum Gasteiger partial charge on any atom is -0.355 e. The summed E-state index contributed by atoms with van der Waals surface area (Å²) in [7, 11) is 1.32. The number of benzene rings is 1. The Balaban J connectivity index is 1.75. The van der Waals surface area contributed by atoms with Gasteiger partial charge in [-0.05, 0) is 54.6 Å². The number of alkyl halides is 6. The van der Waals surface area contributed by atoms with Gasteiger partial charge in [-0.25, -0.2) is 15.0 Å². The van der Waals surface area contributed by atoms with E-state index in [2.05, 4.69) is 25.6 Å². The number of nitrogens with one attached hydrogen (secondary N) is 2. The molecule has 0 saturated heterocycles. The average molecular weight is 491 g/mol. The van der Waals surface area contributed by atoms with Crippen LogP contribution in [-0.4, -0.2) is 27.9 Å². The van der Waals surface area contributed by atoms with Crippen molar-refractivity contribution in [2.45, 2.75) is 12.4 Å². The fraction of sp³-hybridized carbons (Fsp3) is 0.130. The van der Waals surface area contributed by atoms with Crippen molar-refractivity contribution in [1.82, 2.24) is 20.3 Å². The summed E-state index contributed by atoms with van der Waals surface area (Å²) in [4.78, 5) is 24.1. The molecule has 0 saturated carbocycles. The number of aromatic nitrogens is 3. The van der Waals surface area contributed by atoms with Gasteiger partial charge >= 0.3 is 12.4 Å². The zero-order valence-electron chi connectivity index (χ0n) is 17.8. The van der Waals surface area contributed by atoms with Crippen molar-refractivity contribution in [1.29, 1.82) is 0 Å². The second kappa shape index (κ2) is 8.85. The molecule has 35 heavy (non-hydrogen) atoms. The molecule has 0 atom stereocenters. The number of pyridine rings is 3. The Bertz CT molecular complexity index is 1400. The van der Waals surface area contributed by atoms with E-state index in [9.17, 15) is 31.1 Å². The van der Waals surface area contributed by atoms with Crippen molar-refractivity contribution in [3.63, 3.8) is 0 Å². The number of fused-ring (bicyclic) bond motifs is 1. The molecule has 3 aromatic heterocycles. The van der Waals surface area contributed by atoms with E-state index in [-0.39, 0.29) is 17.0 Å². The van der Waals surface area contributed by atoms with Crippen molar-refractivity contribution in [2.24, 2.45) is 0 Å². The number of hydrogen-bond donors (Lipinski definition) is 2. The summed E-state index contributed by atoms with van der Waals surface area (Å²) < 4.78 is 79.2. The predicted octanol–water partition coefficient (Wildman–Crippen LogP) is 5.83. The highest BCUT2D eigenvalue weighted by molar-refractivity contribution is 5.94. The summed E-state index contributed by atoms with van der Waals surface area (Å²) in [5.74, 6) is -0.665. The van der Waals surface area contributed by atoms with E-state index in [4.69, 9.17) is 0 Å². The second-order valence-corrected chi connectivity index (χ2v) is 7.30. The minimum atomic E-state index is -4.75. The normalized spacial score (nSPS) is 12.0. The lowest BCUT2D eigenvalue weighted by atomic mass is 10.1. The highest BCUT2D eigenvalue weighted by Crippen LogP contribution is 2.37. The lowest BCUT2D eigenvalue weighted by Gasteiger charge is -2.14. The molecule has 0 aliphatic heterocycles. The van der Waals surface area contributed by atoms with Crippen LogP contribution in [0.5, 0.6) is 0 Å². The molecule has 0 aliphatic carbocycles. The summed E-state index contributed by atoms with van der Waals surface area (Å²) in [6.07, 6.45) is -7.87. The van der Waals surface area contributed by atoms with Gasteiger partial charge in [-0.1, -0.05) is 0 Å². The van der Waals surface area contributed by atoms with Crippen LogP contribution in [0.25, 0.3) is 22.4 Å². The molecule has 0 aliphatic rings. The third-order valence-electron chi connectivity index (χ3n) is 5.00. The van der Waals surface area contributed by atoms with E-state index in [0.717, 1.165) is 24.3 Å². The van der Waals surface area contributed by atoms with E-state index in [1.54, 1.807) is 6.07 Å². The highest BCUT2D eigenvalue weighted by atomic mass is 19.4. The van der Waals surface area contributed by atoms with Gasteiger partial charge in [0.15, 0.2) is 5.65 Å². The maximum absolute atomic E-state index is 13.6. The Hall–Kier alpha value is -4.22. The lowest BCUT2D eigenvalue weighted by Crippen LogP contribution is -2.20. The SMILES string of the molecule is CNC(=O)c1ccc(C(F)(F)F)c(-c2ccc3c(Nc4ccc(C(F)(F)F)cc4)ccnc3n2)n1. The van der Waals surface area contributed by atoms with Crippen molar-refractivity contribution in [3.8, 4) is 11.4 Å². The molecule has 0 unspecified atom stereocenters. The molecule has 180 valence electrons. The Kier molecular flexibility index (Phi) is 6.05. The summed E-state index contributed by atoms with van der Waals surface area (Å²) in [5, 5.41) is 5.67. The summed E-state index contributed by atoms with van der Waals surface area (Å²) in [6, 6.07) is 10.4. The predicted molar refractivity (Wildman–Crippen MR) is 116 cm³/mol. The zero-order valence-corrected chi connectivity index (χ0v) is 17.8. The van der Waals surface area contributed by atoms with Crippen LogP contribution in [0, 0.1) is 0 Å². The van der Waals surface area contributed by atoms with Gasteiger partial charge in [0.05, 0.1) is 22.5 Å². The summed E-state index contributed by atoms with van der Waals surface area (Å²) >= 11 is 0. The fourth-order valence-electron chi connectivity index (χ4n) is 3.31. The Morgan fingerprint density at radius 1 is 0.829 bits per heavy atom. The van der Waals surface area contributed by atoms with Crippen LogP contribution in [-0.2, 0) is 12.4 Å². The number of rotatable bonds is 4. The van der Waals surface area contributed by atoms with E-state index in [1.165, 1.54) is 37.5 Å². The lowest BCUT2D eigenvalue weighted by molar-refractivity contribution is -0.138. The first kappa shape index (κ1) is 23.9. The Labute approximate surface area is 194 Å². The molecule has 3 heterocycles. The van der Waals surface area contributed by atoms with Gasteiger partial charge in [-0.15, -0.1) is 0 Å². The van der Waals surface area contributed by atoms with Gasteiger partial charge < -0.3 is 10.6 Å². The number of nitrogens with zero attached hydrogens (tertiary/aromatic N) is 3. The maximum atomic E-state index is 13.6. The van der Waals surface area contributed by atoms with Crippen LogP contribution >= 0.6 is 0 Å². The van der Waals surface area contributed by atoms with Gasteiger partial charge in [0.25, 0.3) is 5.91 Å². The molecule has 1 amide bonds. The molecule has 0 spiro atoms. The van der Waals surface area contributed by atoms with Gasteiger partial charge in [-0.3, -0.25) is 4.79 Å². The molecule has 6 nitrogen and oxygen atoms in total. The molecule has 0 bridgehead atoms.